The first kappa shape index (κ1) is 15.6. The van der Waals surface area contributed by atoms with Crippen molar-refractivity contribution in [3.63, 3.8) is 0 Å². The summed E-state index contributed by atoms with van der Waals surface area (Å²) in [5.41, 5.74) is 2.47. The van der Waals surface area contributed by atoms with E-state index in [0.717, 1.165) is 22.4 Å². The van der Waals surface area contributed by atoms with E-state index < -0.39 is 5.60 Å². The zero-order valence-electron chi connectivity index (χ0n) is 14.0. The van der Waals surface area contributed by atoms with Crippen LogP contribution in [0.2, 0.25) is 0 Å². The number of carbonyl (C=O) groups excluding carboxylic acids is 2. The Bertz CT molecular complexity index is 896. The van der Waals surface area contributed by atoms with Crippen LogP contribution in [0.3, 0.4) is 0 Å². The van der Waals surface area contributed by atoms with Gasteiger partial charge in [-0.3, -0.25) is 9.59 Å². The zero-order valence-corrected chi connectivity index (χ0v) is 14.0. The normalized spacial score (nSPS) is 21.7. The maximum absolute atomic E-state index is 12.9. The lowest BCUT2D eigenvalue weighted by molar-refractivity contribution is -0.143. The summed E-state index contributed by atoms with van der Waals surface area (Å²) in [7, 11) is 1.64. The molecule has 1 spiro atoms. The van der Waals surface area contributed by atoms with Crippen molar-refractivity contribution in [3.05, 3.63) is 71.3 Å². The van der Waals surface area contributed by atoms with Crippen LogP contribution in [-0.2, 0) is 16.0 Å². The highest BCUT2D eigenvalue weighted by molar-refractivity contribution is 6.12. The van der Waals surface area contributed by atoms with E-state index in [1.54, 1.807) is 7.11 Å². The summed E-state index contributed by atoms with van der Waals surface area (Å²) in [4.78, 5) is 24.6. The molecule has 2 aromatic rings. The molecule has 1 saturated heterocycles. The minimum atomic E-state index is -1.14. The van der Waals surface area contributed by atoms with E-state index in [4.69, 9.17) is 9.47 Å². The van der Waals surface area contributed by atoms with Gasteiger partial charge in [0.05, 0.1) is 13.5 Å². The van der Waals surface area contributed by atoms with Gasteiger partial charge in [-0.15, -0.1) is 0 Å². The number of rotatable bonds is 3. The van der Waals surface area contributed by atoms with Gasteiger partial charge >= 0.3 is 5.97 Å². The van der Waals surface area contributed by atoms with Crippen LogP contribution in [-0.4, -0.2) is 24.5 Å². The van der Waals surface area contributed by atoms with Crippen molar-refractivity contribution < 1.29 is 19.1 Å². The van der Waals surface area contributed by atoms with Crippen LogP contribution in [0.15, 0.2) is 54.6 Å². The highest BCUT2D eigenvalue weighted by Gasteiger charge is 2.48. The fourth-order valence-corrected chi connectivity index (χ4v) is 3.62. The summed E-state index contributed by atoms with van der Waals surface area (Å²) in [5.74, 6) is 0.355. The summed E-state index contributed by atoms with van der Waals surface area (Å²) in [6, 6.07) is 15.4. The Morgan fingerprint density at radius 2 is 1.88 bits per heavy atom. The Morgan fingerprint density at radius 1 is 1.08 bits per heavy atom. The van der Waals surface area contributed by atoms with Gasteiger partial charge in [0.25, 0.3) is 0 Å². The van der Waals surface area contributed by atoms with Gasteiger partial charge < -0.3 is 9.47 Å². The highest BCUT2D eigenvalue weighted by Crippen LogP contribution is 2.41. The van der Waals surface area contributed by atoms with Crippen LogP contribution in [0.25, 0.3) is 5.57 Å². The highest BCUT2D eigenvalue weighted by atomic mass is 16.6. The molecule has 0 aromatic heterocycles. The third-order valence-electron chi connectivity index (χ3n) is 4.83. The van der Waals surface area contributed by atoms with E-state index in [2.05, 4.69) is 0 Å². The van der Waals surface area contributed by atoms with Crippen molar-refractivity contribution in [2.75, 3.05) is 7.11 Å². The molecule has 0 unspecified atom stereocenters. The molecule has 0 N–H and O–H groups in total. The third-order valence-corrected chi connectivity index (χ3v) is 4.83. The van der Waals surface area contributed by atoms with Crippen LogP contribution < -0.4 is 4.74 Å². The standard InChI is InChI=1S/C21H18O4/c1-24-16-6-4-5-14(12-16)11-15-13-21(10-9-19(22)25-21)20(23)18-8-3-2-7-17(15)18/h2-8,12-13H,9-11H2,1H3/t21-/m1/s1. The summed E-state index contributed by atoms with van der Waals surface area (Å²) in [6.07, 6.45) is 3.17. The molecule has 0 saturated carbocycles. The van der Waals surface area contributed by atoms with Crippen LogP contribution in [0.1, 0.15) is 34.3 Å². The maximum Gasteiger partial charge on any atom is 0.307 e. The number of benzene rings is 2. The number of methoxy groups -OCH3 is 1. The van der Waals surface area contributed by atoms with Crippen LogP contribution in [0, 0.1) is 0 Å². The Morgan fingerprint density at radius 3 is 2.60 bits per heavy atom. The first-order valence-electron chi connectivity index (χ1n) is 8.32. The fraction of sp³-hybridized carbons (Fsp3) is 0.238. The molecule has 1 aliphatic carbocycles. The van der Waals surface area contributed by atoms with Gasteiger partial charge in [0, 0.05) is 12.0 Å². The first-order chi connectivity index (χ1) is 12.1. The van der Waals surface area contributed by atoms with Crippen LogP contribution >= 0.6 is 0 Å². The molecule has 4 rings (SSSR count). The molecule has 1 aliphatic heterocycles. The molecule has 0 amide bonds. The van der Waals surface area contributed by atoms with Crippen LogP contribution in [0.4, 0.5) is 0 Å². The Kier molecular flexibility index (Phi) is 3.68. The number of esters is 1. The maximum atomic E-state index is 12.9. The van der Waals surface area contributed by atoms with E-state index in [9.17, 15) is 9.59 Å². The second-order valence-corrected chi connectivity index (χ2v) is 6.44. The van der Waals surface area contributed by atoms with Gasteiger partial charge in [-0.05, 0) is 41.3 Å². The summed E-state index contributed by atoms with van der Waals surface area (Å²) in [5, 5.41) is 0. The van der Waals surface area contributed by atoms with Crippen molar-refractivity contribution in [2.24, 2.45) is 0 Å². The van der Waals surface area contributed by atoms with E-state index in [0.29, 0.717) is 18.4 Å². The molecule has 2 aliphatic rings. The molecule has 1 heterocycles. The molecule has 0 radical (unpaired) electrons. The average Bonchev–Trinajstić information content (AvgIpc) is 3.01. The SMILES string of the molecule is COc1cccc(CC2=C[C@]3(CCC(=O)O3)C(=O)c3ccccc32)c1. The number of fused-ring (bicyclic) bond motifs is 1. The first-order valence-corrected chi connectivity index (χ1v) is 8.32. The lowest BCUT2D eigenvalue weighted by Gasteiger charge is -2.30. The molecule has 25 heavy (non-hydrogen) atoms. The van der Waals surface area contributed by atoms with E-state index in [1.165, 1.54) is 0 Å². The topological polar surface area (TPSA) is 52.6 Å². The summed E-state index contributed by atoms with van der Waals surface area (Å²) in [6.45, 7) is 0. The quantitative estimate of drug-likeness (QED) is 0.805. The number of ketones is 1. The largest absolute Gasteiger partial charge is 0.497 e. The molecule has 4 nitrogen and oxygen atoms in total. The minimum absolute atomic E-state index is 0.122. The summed E-state index contributed by atoms with van der Waals surface area (Å²) >= 11 is 0. The van der Waals surface area contributed by atoms with E-state index in [1.807, 2.05) is 54.6 Å². The number of ether oxygens (including phenoxy) is 2. The molecular weight excluding hydrogens is 316 g/mol. The van der Waals surface area contributed by atoms with Crippen LogP contribution in [0.5, 0.6) is 5.75 Å². The molecule has 1 fully saturated rings. The predicted octanol–water partition coefficient (Wildman–Crippen LogP) is 3.59. The average molecular weight is 334 g/mol. The number of hydrogen-bond acceptors (Lipinski definition) is 4. The molecule has 126 valence electrons. The van der Waals surface area contributed by atoms with E-state index in [-0.39, 0.29) is 18.2 Å². The van der Waals surface area contributed by atoms with Gasteiger partial charge in [-0.2, -0.15) is 0 Å². The van der Waals surface area contributed by atoms with Gasteiger partial charge in [0.15, 0.2) is 5.60 Å². The Balaban J connectivity index is 1.79. The second-order valence-electron chi connectivity index (χ2n) is 6.44. The molecule has 0 bridgehead atoms. The lowest BCUT2D eigenvalue weighted by atomic mass is 9.77. The monoisotopic (exact) mass is 334 g/mol. The smallest absolute Gasteiger partial charge is 0.307 e. The van der Waals surface area contributed by atoms with Gasteiger partial charge in [0.2, 0.25) is 5.78 Å². The van der Waals surface area contributed by atoms with E-state index >= 15 is 0 Å². The van der Waals surface area contributed by atoms with Gasteiger partial charge in [-0.1, -0.05) is 36.4 Å². The van der Waals surface area contributed by atoms with Crippen molar-refractivity contribution >= 4 is 17.3 Å². The molecule has 2 aromatic carbocycles. The molecule has 1 atom stereocenters. The fourth-order valence-electron chi connectivity index (χ4n) is 3.62. The lowest BCUT2D eigenvalue weighted by Crippen LogP contribution is -2.39. The molecular formula is C21H18O4. The van der Waals surface area contributed by atoms with Gasteiger partial charge in [-0.25, -0.2) is 0 Å². The Labute approximate surface area is 146 Å². The number of allylic oxidation sites excluding steroid dienone is 1. The predicted molar refractivity (Wildman–Crippen MR) is 93.5 cm³/mol. The Hall–Kier alpha value is -2.88. The minimum Gasteiger partial charge on any atom is -0.497 e. The summed E-state index contributed by atoms with van der Waals surface area (Å²) < 4.78 is 10.8. The van der Waals surface area contributed by atoms with Gasteiger partial charge in [0.1, 0.15) is 5.75 Å². The van der Waals surface area contributed by atoms with Crippen molar-refractivity contribution in [1.29, 1.82) is 0 Å². The third kappa shape index (κ3) is 2.64. The van der Waals surface area contributed by atoms with Crippen molar-refractivity contribution in [2.45, 2.75) is 24.9 Å². The van der Waals surface area contributed by atoms with Crippen molar-refractivity contribution in [3.8, 4) is 5.75 Å². The zero-order chi connectivity index (χ0) is 17.4. The number of carbonyl (C=O) groups is 2. The number of hydrogen-bond donors (Lipinski definition) is 0. The van der Waals surface area contributed by atoms with Crippen molar-refractivity contribution in [1.82, 2.24) is 0 Å². The second kappa shape index (κ2) is 5.88. The molecule has 4 heteroatoms. The number of Topliss-reactive ketones (excluding diaryl/α,β-unsaturated/α-hetero) is 1.